The number of primary sulfonamides is 1. The van der Waals surface area contributed by atoms with Gasteiger partial charge in [0.2, 0.25) is 15.9 Å². The summed E-state index contributed by atoms with van der Waals surface area (Å²) in [5.74, 6) is -0.286. The molecule has 0 unspecified atom stereocenters. The second-order valence-electron chi connectivity index (χ2n) is 5.21. The number of aromatic nitrogens is 1. The van der Waals surface area contributed by atoms with Gasteiger partial charge in [-0.2, -0.15) is 13.2 Å². The average Bonchev–Trinajstić information content (AvgIpc) is 2.57. The van der Waals surface area contributed by atoms with Crippen LogP contribution in [-0.2, 0) is 16.6 Å². The monoisotopic (exact) mass is 406 g/mol. The van der Waals surface area contributed by atoms with Crippen LogP contribution in [0.3, 0.4) is 0 Å². The van der Waals surface area contributed by atoms with Crippen molar-refractivity contribution in [3.63, 3.8) is 0 Å². The lowest BCUT2D eigenvalue weighted by Gasteiger charge is -2.13. The summed E-state index contributed by atoms with van der Waals surface area (Å²) < 4.78 is 64.1. The van der Waals surface area contributed by atoms with Crippen LogP contribution in [0.2, 0.25) is 0 Å². The number of hydrogen-bond acceptors (Lipinski definition) is 7. The number of nitro benzene ring substituents is 1. The highest BCUT2D eigenvalue weighted by molar-refractivity contribution is 7.89. The number of rotatable bonds is 7. The van der Waals surface area contributed by atoms with Crippen molar-refractivity contribution < 1.29 is 31.2 Å². The zero-order valence-corrected chi connectivity index (χ0v) is 14.2. The molecule has 0 aliphatic rings. The molecule has 0 amide bonds. The van der Waals surface area contributed by atoms with E-state index < -0.39 is 38.3 Å². The van der Waals surface area contributed by atoms with Gasteiger partial charge in [-0.15, -0.1) is 0 Å². The molecule has 1 aromatic carbocycles. The Morgan fingerprint density at radius 2 is 2.00 bits per heavy atom. The lowest BCUT2D eigenvalue weighted by Crippen LogP contribution is -2.20. The largest absolute Gasteiger partial charge is 0.468 e. The molecule has 9 nitrogen and oxygen atoms in total. The van der Waals surface area contributed by atoms with E-state index in [0.29, 0.717) is 0 Å². The van der Waals surface area contributed by atoms with Crippen molar-refractivity contribution in [2.45, 2.75) is 17.6 Å². The summed E-state index contributed by atoms with van der Waals surface area (Å²) in [7, 11) is -4.14. The summed E-state index contributed by atoms with van der Waals surface area (Å²) in [4.78, 5) is 13.6. The molecule has 1 heterocycles. The molecule has 0 fully saturated rings. The number of nitrogens with two attached hydrogens (primary N) is 1. The molecule has 0 atom stereocenters. The van der Waals surface area contributed by atoms with E-state index in [0.717, 1.165) is 18.2 Å². The first-order valence-corrected chi connectivity index (χ1v) is 8.70. The molecular formula is C14H13F3N4O5S. The standard InChI is InChI=1S/C14H13F3N4O5S/c15-14(16,17)8-26-13-9(2-1-5-19-13)7-20-11-4-3-10(27(18,24)25)6-12(11)21(22)23/h1-6,20H,7-8H2,(H2,18,24,25). The van der Waals surface area contributed by atoms with E-state index in [4.69, 9.17) is 5.14 Å². The van der Waals surface area contributed by atoms with Crippen LogP contribution in [0.15, 0.2) is 41.4 Å². The molecule has 1 aromatic heterocycles. The maximum atomic E-state index is 12.3. The number of nitrogens with one attached hydrogen (secondary N) is 1. The number of halogens is 3. The van der Waals surface area contributed by atoms with Crippen LogP contribution < -0.4 is 15.2 Å². The van der Waals surface area contributed by atoms with Crippen molar-refractivity contribution in [2.75, 3.05) is 11.9 Å². The molecule has 0 saturated heterocycles. The summed E-state index contributed by atoms with van der Waals surface area (Å²) in [6.07, 6.45) is -3.32. The van der Waals surface area contributed by atoms with Gasteiger partial charge in [0, 0.05) is 24.4 Å². The Morgan fingerprint density at radius 3 is 2.59 bits per heavy atom. The SMILES string of the molecule is NS(=O)(=O)c1ccc(NCc2cccnc2OCC(F)(F)F)c([N+](=O)[O-])c1. The van der Waals surface area contributed by atoms with E-state index in [-0.39, 0.29) is 23.7 Å². The first-order chi connectivity index (χ1) is 12.5. The van der Waals surface area contributed by atoms with Crippen LogP contribution in [0.5, 0.6) is 5.88 Å². The number of hydrogen-bond donors (Lipinski definition) is 2. The molecule has 0 aliphatic heterocycles. The van der Waals surface area contributed by atoms with Gasteiger partial charge in [-0.3, -0.25) is 10.1 Å². The maximum Gasteiger partial charge on any atom is 0.422 e. The summed E-state index contributed by atoms with van der Waals surface area (Å²) in [6, 6.07) is 5.85. The average molecular weight is 406 g/mol. The van der Waals surface area contributed by atoms with E-state index in [1.807, 2.05) is 0 Å². The smallest absolute Gasteiger partial charge is 0.422 e. The quantitative estimate of drug-likeness (QED) is 0.531. The van der Waals surface area contributed by atoms with Crippen LogP contribution in [-0.4, -0.2) is 31.1 Å². The number of sulfonamides is 1. The van der Waals surface area contributed by atoms with Crippen molar-refractivity contribution >= 4 is 21.4 Å². The van der Waals surface area contributed by atoms with Crippen LogP contribution in [0.25, 0.3) is 0 Å². The van der Waals surface area contributed by atoms with Gasteiger partial charge >= 0.3 is 6.18 Å². The topological polar surface area (TPSA) is 137 Å². The Morgan fingerprint density at radius 1 is 1.30 bits per heavy atom. The van der Waals surface area contributed by atoms with Crippen molar-refractivity contribution in [2.24, 2.45) is 5.14 Å². The highest BCUT2D eigenvalue weighted by Gasteiger charge is 2.29. The lowest BCUT2D eigenvalue weighted by molar-refractivity contribution is -0.384. The first kappa shape index (κ1) is 20.4. The van der Waals surface area contributed by atoms with E-state index in [1.165, 1.54) is 18.3 Å². The highest BCUT2D eigenvalue weighted by atomic mass is 32.2. The molecule has 27 heavy (non-hydrogen) atoms. The Bertz CT molecular complexity index is 950. The molecule has 0 saturated carbocycles. The van der Waals surface area contributed by atoms with Crippen LogP contribution in [0.4, 0.5) is 24.5 Å². The van der Waals surface area contributed by atoms with Gasteiger partial charge in [0.1, 0.15) is 5.69 Å². The van der Waals surface area contributed by atoms with Crippen molar-refractivity contribution in [1.82, 2.24) is 4.98 Å². The van der Waals surface area contributed by atoms with E-state index >= 15 is 0 Å². The van der Waals surface area contributed by atoms with Crippen molar-refractivity contribution in [1.29, 1.82) is 0 Å². The number of alkyl halides is 3. The Kier molecular flexibility index (Phi) is 5.85. The number of nitrogens with zero attached hydrogens (tertiary/aromatic N) is 2. The van der Waals surface area contributed by atoms with Gasteiger partial charge in [0.05, 0.1) is 9.82 Å². The Labute approximate surface area is 151 Å². The third-order valence-corrected chi connectivity index (χ3v) is 4.10. The third-order valence-electron chi connectivity index (χ3n) is 3.19. The molecular weight excluding hydrogens is 393 g/mol. The maximum absolute atomic E-state index is 12.3. The minimum Gasteiger partial charge on any atom is -0.468 e. The molecule has 3 N–H and O–H groups in total. The normalized spacial score (nSPS) is 11.9. The molecule has 146 valence electrons. The van der Waals surface area contributed by atoms with Crippen LogP contribution in [0.1, 0.15) is 5.56 Å². The fraction of sp³-hybridized carbons (Fsp3) is 0.214. The van der Waals surface area contributed by atoms with Crippen LogP contribution in [0, 0.1) is 10.1 Å². The minimum atomic E-state index is -4.55. The summed E-state index contributed by atoms with van der Waals surface area (Å²) in [5.41, 5.74) is -0.409. The second kappa shape index (κ2) is 7.75. The minimum absolute atomic E-state index is 0.0574. The van der Waals surface area contributed by atoms with Gasteiger partial charge in [-0.25, -0.2) is 18.5 Å². The molecule has 0 radical (unpaired) electrons. The van der Waals surface area contributed by atoms with Gasteiger partial charge in [0.15, 0.2) is 6.61 Å². The molecule has 13 heteroatoms. The van der Waals surface area contributed by atoms with E-state index in [9.17, 15) is 31.7 Å². The number of pyridine rings is 1. The van der Waals surface area contributed by atoms with Crippen molar-refractivity contribution in [3.05, 3.63) is 52.2 Å². The fourth-order valence-electron chi connectivity index (χ4n) is 2.02. The Balaban J connectivity index is 2.23. The summed E-state index contributed by atoms with van der Waals surface area (Å²) >= 11 is 0. The lowest BCUT2D eigenvalue weighted by atomic mass is 10.2. The Hall–Kier alpha value is -2.93. The third kappa shape index (κ3) is 5.79. The van der Waals surface area contributed by atoms with Gasteiger partial charge in [0.25, 0.3) is 5.69 Å². The summed E-state index contributed by atoms with van der Waals surface area (Å²) in [5, 5.41) is 18.8. The van der Waals surface area contributed by atoms with Crippen molar-refractivity contribution in [3.8, 4) is 5.88 Å². The molecule has 0 bridgehead atoms. The fourth-order valence-corrected chi connectivity index (χ4v) is 2.55. The molecule has 0 aliphatic carbocycles. The zero-order chi connectivity index (χ0) is 20.2. The van der Waals surface area contributed by atoms with E-state index in [2.05, 4.69) is 15.0 Å². The van der Waals surface area contributed by atoms with E-state index in [1.54, 1.807) is 0 Å². The molecule has 2 rings (SSSR count). The highest BCUT2D eigenvalue weighted by Crippen LogP contribution is 2.28. The number of benzene rings is 1. The second-order valence-corrected chi connectivity index (χ2v) is 6.77. The van der Waals surface area contributed by atoms with Gasteiger partial charge in [-0.1, -0.05) is 6.07 Å². The predicted molar refractivity (Wildman–Crippen MR) is 87.6 cm³/mol. The first-order valence-electron chi connectivity index (χ1n) is 7.16. The number of nitro groups is 1. The zero-order valence-electron chi connectivity index (χ0n) is 13.4. The summed E-state index contributed by atoms with van der Waals surface area (Å²) in [6.45, 7) is -1.70. The molecule has 0 spiro atoms. The molecule has 2 aromatic rings. The predicted octanol–water partition coefficient (Wildman–Crippen LogP) is 2.19. The number of anilines is 1. The van der Waals surface area contributed by atoms with Crippen LogP contribution >= 0.6 is 0 Å². The van der Waals surface area contributed by atoms with Gasteiger partial charge in [-0.05, 0) is 18.2 Å². The van der Waals surface area contributed by atoms with Gasteiger partial charge < -0.3 is 10.1 Å². The number of ether oxygens (including phenoxy) is 1.